The first-order valence-electron chi connectivity index (χ1n) is 8.17. The Morgan fingerprint density at radius 1 is 1.26 bits per heavy atom. The summed E-state index contributed by atoms with van der Waals surface area (Å²) < 4.78 is 5.23. The van der Waals surface area contributed by atoms with Gasteiger partial charge in [0.15, 0.2) is 0 Å². The van der Waals surface area contributed by atoms with E-state index in [1.807, 2.05) is 29.2 Å². The molecule has 1 atom stereocenters. The molecule has 1 aliphatic heterocycles. The predicted octanol–water partition coefficient (Wildman–Crippen LogP) is 2.74. The van der Waals surface area contributed by atoms with Crippen LogP contribution in [0.4, 0.5) is 0 Å². The summed E-state index contributed by atoms with van der Waals surface area (Å²) in [5.41, 5.74) is 6.78. The standard InChI is InChI=1S/C18H26N2O2.ClH/c1-17(12-19)10-11-20(13-17)16(21)18(8-3-9-18)14-4-6-15(22-2)7-5-14;/h4-7H,3,8-13,19H2,1-2H3;1H. The van der Waals surface area contributed by atoms with Crippen molar-refractivity contribution < 1.29 is 9.53 Å². The van der Waals surface area contributed by atoms with E-state index in [0.717, 1.165) is 50.1 Å². The third kappa shape index (κ3) is 3.07. The molecule has 1 aromatic carbocycles. The number of likely N-dealkylation sites (tertiary alicyclic amines) is 1. The number of hydrogen-bond donors (Lipinski definition) is 1. The van der Waals surface area contributed by atoms with Crippen LogP contribution in [0.1, 0.15) is 38.2 Å². The molecule has 1 amide bonds. The Kier molecular flexibility index (Phi) is 5.27. The highest BCUT2D eigenvalue weighted by Gasteiger charge is 2.49. The van der Waals surface area contributed by atoms with Gasteiger partial charge in [-0.2, -0.15) is 0 Å². The van der Waals surface area contributed by atoms with Gasteiger partial charge in [0.05, 0.1) is 12.5 Å². The van der Waals surface area contributed by atoms with Crippen LogP contribution in [-0.2, 0) is 10.2 Å². The van der Waals surface area contributed by atoms with Gasteiger partial charge in [-0.05, 0) is 48.9 Å². The van der Waals surface area contributed by atoms with Gasteiger partial charge in [0.25, 0.3) is 0 Å². The monoisotopic (exact) mass is 338 g/mol. The van der Waals surface area contributed by atoms with Gasteiger partial charge in [-0.1, -0.05) is 25.5 Å². The molecule has 0 aromatic heterocycles. The van der Waals surface area contributed by atoms with Crippen molar-refractivity contribution in [3.8, 4) is 5.75 Å². The lowest BCUT2D eigenvalue weighted by molar-refractivity contribution is -0.140. The molecule has 1 saturated carbocycles. The lowest BCUT2D eigenvalue weighted by Crippen LogP contribution is -2.51. The third-order valence-corrected chi connectivity index (χ3v) is 5.60. The predicted molar refractivity (Wildman–Crippen MR) is 94.1 cm³/mol. The van der Waals surface area contributed by atoms with E-state index < -0.39 is 0 Å². The summed E-state index contributed by atoms with van der Waals surface area (Å²) in [6.45, 7) is 4.46. The number of rotatable bonds is 4. The van der Waals surface area contributed by atoms with Crippen LogP contribution in [0.3, 0.4) is 0 Å². The molecule has 1 heterocycles. The second-order valence-electron chi connectivity index (χ2n) is 7.16. The Hall–Kier alpha value is -1.26. The molecule has 2 fully saturated rings. The van der Waals surface area contributed by atoms with Crippen LogP contribution in [0, 0.1) is 5.41 Å². The third-order valence-electron chi connectivity index (χ3n) is 5.60. The molecule has 2 aliphatic rings. The summed E-state index contributed by atoms with van der Waals surface area (Å²) in [4.78, 5) is 15.2. The minimum atomic E-state index is -0.313. The Morgan fingerprint density at radius 2 is 1.91 bits per heavy atom. The minimum Gasteiger partial charge on any atom is -0.497 e. The Balaban J connectivity index is 0.00000192. The van der Waals surface area contributed by atoms with Crippen LogP contribution in [-0.4, -0.2) is 37.6 Å². The van der Waals surface area contributed by atoms with Gasteiger partial charge in [-0.25, -0.2) is 0 Å². The number of hydrogen-bond acceptors (Lipinski definition) is 3. The summed E-state index contributed by atoms with van der Waals surface area (Å²) >= 11 is 0. The number of carbonyl (C=O) groups excluding carboxylic acids is 1. The number of nitrogens with two attached hydrogens (primary N) is 1. The van der Waals surface area contributed by atoms with Crippen molar-refractivity contribution in [2.24, 2.45) is 11.1 Å². The first-order valence-corrected chi connectivity index (χ1v) is 8.17. The van der Waals surface area contributed by atoms with E-state index in [0.29, 0.717) is 12.5 Å². The van der Waals surface area contributed by atoms with Crippen LogP contribution < -0.4 is 10.5 Å². The van der Waals surface area contributed by atoms with Crippen LogP contribution in [0.5, 0.6) is 5.75 Å². The van der Waals surface area contributed by atoms with E-state index in [-0.39, 0.29) is 23.2 Å². The summed E-state index contributed by atoms with van der Waals surface area (Å²) in [7, 11) is 1.66. The molecule has 1 saturated heterocycles. The van der Waals surface area contributed by atoms with E-state index in [2.05, 4.69) is 6.92 Å². The molecule has 0 bridgehead atoms. The van der Waals surface area contributed by atoms with Crippen molar-refractivity contribution in [2.75, 3.05) is 26.7 Å². The highest BCUT2D eigenvalue weighted by atomic mass is 35.5. The second-order valence-corrected chi connectivity index (χ2v) is 7.16. The molecule has 1 aromatic rings. The fourth-order valence-electron chi connectivity index (χ4n) is 3.73. The molecule has 2 N–H and O–H groups in total. The largest absolute Gasteiger partial charge is 0.497 e. The van der Waals surface area contributed by atoms with E-state index in [1.54, 1.807) is 7.11 Å². The quantitative estimate of drug-likeness (QED) is 0.918. The van der Waals surface area contributed by atoms with Gasteiger partial charge in [-0.3, -0.25) is 4.79 Å². The lowest BCUT2D eigenvalue weighted by Gasteiger charge is -2.43. The fraction of sp³-hybridized carbons (Fsp3) is 0.611. The molecule has 1 unspecified atom stereocenters. The normalized spacial score (nSPS) is 25.4. The fourth-order valence-corrected chi connectivity index (χ4v) is 3.73. The highest BCUT2D eigenvalue weighted by molar-refractivity contribution is 5.89. The summed E-state index contributed by atoms with van der Waals surface area (Å²) in [6.07, 6.45) is 4.04. The maximum atomic E-state index is 13.2. The molecule has 0 radical (unpaired) electrons. The number of benzene rings is 1. The van der Waals surface area contributed by atoms with Crippen molar-refractivity contribution in [2.45, 2.75) is 38.0 Å². The van der Waals surface area contributed by atoms with Crippen LogP contribution >= 0.6 is 12.4 Å². The van der Waals surface area contributed by atoms with Gasteiger partial charge in [-0.15, -0.1) is 12.4 Å². The van der Waals surface area contributed by atoms with Crippen molar-refractivity contribution in [3.63, 3.8) is 0 Å². The molecular weight excluding hydrogens is 312 g/mol. The Labute approximate surface area is 144 Å². The lowest BCUT2D eigenvalue weighted by atomic mass is 9.63. The summed E-state index contributed by atoms with van der Waals surface area (Å²) in [5, 5.41) is 0. The van der Waals surface area contributed by atoms with Gasteiger partial charge in [0.2, 0.25) is 5.91 Å². The summed E-state index contributed by atoms with van der Waals surface area (Å²) in [5.74, 6) is 1.13. The number of nitrogens with zero attached hydrogens (tertiary/aromatic N) is 1. The average molecular weight is 339 g/mol. The zero-order chi connectivity index (χ0) is 15.8. The number of amides is 1. The van der Waals surface area contributed by atoms with Crippen LogP contribution in [0.25, 0.3) is 0 Å². The first-order chi connectivity index (χ1) is 10.5. The van der Waals surface area contributed by atoms with Crippen molar-refractivity contribution in [1.82, 2.24) is 4.90 Å². The van der Waals surface area contributed by atoms with E-state index in [1.165, 1.54) is 0 Å². The highest BCUT2D eigenvalue weighted by Crippen LogP contribution is 2.46. The number of halogens is 1. The first kappa shape index (κ1) is 18.1. The molecule has 5 heteroatoms. The summed E-state index contributed by atoms with van der Waals surface area (Å²) in [6, 6.07) is 8.01. The average Bonchev–Trinajstić information content (AvgIpc) is 2.90. The topological polar surface area (TPSA) is 55.6 Å². The zero-order valence-electron chi connectivity index (χ0n) is 14.0. The number of ether oxygens (including phenoxy) is 1. The number of carbonyl (C=O) groups is 1. The van der Waals surface area contributed by atoms with Gasteiger partial charge in [0, 0.05) is 13.1 Å². The smallest absolute Gasteiger partial charge is 0.233 e. The zero-order valence-corrected chi connectivity index (χ0v) is 14.8. The maximum absolute atomic E-state index is 13.2. The van der Waals surface area contributed by atoms with Gasteiger partial charge in [0.1, 0.15) is 5.75 Å². The molecular formula is C18H27ClN2O2. The van der Waals surface area contributed by atoms with Gasteiger partial charge < -0.3 is 15.4 Å². The Morgan fingerprint density at radius 3 is 2.35 bits per heavy atom. The SMILES string of the molecule is COc1ccc(C2(C(=O)N3CCC(C)(CN)C3)CCC2)cc1.Cl. The van der Waals surface area contributed by atoms with E-state index in [9.17, 15) is 4.79 Å². The second kappa shape index (κ2) is 6.70. The van der Waals surface area contributed by atoms with E-state index >= 15 is 0 Å². The molecule has 0 spiro atoms. The molecule has 23 heavy (non-hydrogen) atoms. The van der Waals surface area contributed by atoms with Crippen molar-refractivity contribution >= 4 is 18.3 Å². The van der Waals surface area contributed by atoms with Crippen LogP contribution in [0.2, 0.25) is 0 Å². The van der Waals surface area contributed by atoms with Gasteiger partial charge >= 0.3 is 0 Å². The van der Waals surface area contributed by atoms with Crippen LogP contribution in [0.15, 0.2) is 24.3 Å². The molecule has 4 nitrogen and oxygen atoms in total. The number of methoxy groups -OCH3 is 1. The maximum Gasteiger partial charge on any atom is 0.233 e. The van der Waals surface area contributed by atoms with Crippen molar-refractivity contribution in [1.29, 1.82) is 0 Å². The Bertz CT molecular complexity index is 557. The van der Waals surface area contributed by atoms with E-state index in [4.69, 9.17) is 10.5 Å². The van der Waals surface area contributed by atoms with Crippen molar-refractivity contribution in [3.05, 3.63) is 29.8 Å². The molecule has 3 rings (SSSR count). The molecule has 128 valence electrons. The molecule has 1 aliphatic carbocycles. The minimum absolute atomic E-state index is 0.